The van der Waals surface area contributed by atoms with Crippen LogP contribution in [0.2, 0.25) is 0 Å². The highest BCUT2D eigenvalue weighted by Gasteiger charge is 2.40. The van der Waals surface area contributed by atoms with Crippen LogP contribution in [-0.2, 0) is 0 Å². The molecule has 2 aliphatic heterocycles. The van der Waals surface area contributed by atoms with Crippen molar-refractivity contribution in [2.45, 2.75) is 25.3 Å². The third-order valence-corrected chi connectivity index (χ3v) is 5.96. The zero-order valence-corrected chi connectivity index (χ0v) is 15.9. The molecule has 1 spiro atoms. The van der Waals surface area contributed by atoms with Gasteiger partial charge in [0.25, 0.3) is 0 Å². The quantitative estimate of drug-likeness (QED) is 0.777. The van der Waals surface area contributed by atoms with Crippen LogP contribution in [0.25, 0.3) is 0 Å². The maximum absolute atomic E-state index is 5.86. The Morgan fingerprint density at radius 2 is 1.88 bits per heavy atom. The lowest BCUT2D eigenvalue weighted by Gasteiger charge is -2.43. The van der Waals surface area contributed by atoms with Gasteiger partial charge in [-0.15, -0.1) is 0 Å². The highest BCUT2D eigenvalue weighted by atomic mass is 32.2. The molecular formula is C21H25N3OS. The molecule has 0 aromatic heterocycles. The molecular weight excluding hydrogens is 342 g/mol. The molecule has 2 aliphatic rings. The van der Waals surface area contributed by atoms with Gasteiger partial charge in [0.05, 0.1) is 23.5 Å². The largest absolute Gasteiger partial charge is 0.492 e. The van der Waals surface area contributed by atoms with Gasteiger partial charge in [-0.25, -0.2) is 0 Å². The number of hydrogen-bond donors (Lipinski definition) is 2. The van der Waals surface area contributed by atoms with Crippen LogP contribution in [0, 0.1) is 6.92 Å². The summed E-state index contributed by atoms with van der Waals surface area (Å²) in [5, 5.41) is 7.37. The van der Waals surface area contributed by atoms with E-state index in [4.69, 9.17) is 9.73 Å². The van der Waals surface area contributed by atoms with E-state index in [1.165, 1.54) is 11.3 Å². The van der Waals surface area contributed by atoms with E-state index in [1.807, 2.05) is 23.9 Å². The van der Waals surface area contributed by atoms with Gasteiger partial charge in [-0.2, -0.15) is 11.8 Å². The van der Waals surface area contributed by atoms with Crippen molar-refractivity contribution in [1.29, 1.82) is 0 Å². The Labute approximate surface area is 159 Å². The lowest BCUT2D eigenvalue weighted by molar-refractivity contribution is 0.328. The molecule has 4 nitrogen and oxygen atoms in total. The SMILES string of the molecule is Cc1cccc(OCCN=C2Nc3ccccc3NC23CCSCC3)c1. The summed E-state index contributed by atoms with van der Waals surface area (Å²) in [6.07, 6.45) is 2.19. The molecule has 2 aromatic rings. The number of anilines is 2. The Morgan fingerprint density at radius 1 is 1.08 bits per heavy atom. The summed E-state index contributed by atoms with van der Waals surface area (Å²) >= 11 is 2.03. The van der Waals surface area contributed by atoms with Crippen molar-refractivity contribution in [3.8, 4) is 5.75 Å². The zero-order valence-electron chi connectivity index (χ0n) is 15.1. The van der Waals surface area contributed by atoms with E-state index >= 15 is 0 Å². The standard InChI is InChI=1S/C21H25N3OS/c1-16-5-4-6-17(15-16)25-12-11-22-20-21(9-13-26-14-10-21)24-19-8-3-2-7-18(19)23-20/h2-8,15,24H,9-14H2,1H3,(H,22,23). The topological polar surface area (TPSA) is 45.6 Å². The Bertz CT molecular complexity index is 799. The van der Waals surface area contributed by atoms with Crippen molar-refractivity contribution >= 4 is 29.0 Å². The van der Waals surface area contributed by atoms with Crippen LogP contribution in [0.3, 0.4) is 0 Å². The number of aryl methyl sites for hydroxylation is 1. The number of rotatable bonds is 4. The molecule has 2 N–H and O–H groups in total. The van der Waals surface area contributed by atoms with E-state index in [2.05, 4.69) is 54.0 Å². The number of hydrogen-bond acceptors (Lipinski definition) is 4. The highest BCUT2D eigenvalue weighted by molar-refractivity contribution is 7.99. The summed E-state index contributed by atoms with van der Waals surface area (Å²) in [5.74, 6) is 4.30. The van der Waals surface area contributed by atoms with Crippen LogP contribution >= 0.6 is 11.8 Å². The minimum Gasteiger partial charge on any atom is -0.492 e. The molecule has 0 atom stereocenters. The molecule has 0 radical (unpaired) electrons. The van der Waals surface area contributed by atoms with Crippen LogP contribution in [0.4, 0.5) is 11.4 Å². The maximum atomic E-state index is 5.86. The van der Waals surface area contributed by atoms with E-state index in [9.17, 15) is 0 Å². The molecule has 0 amide bonds. The first-order valence-corrected chi connectivity index (χ1v) is 10.4. The zero-order chi connectivity index (χ0) is 17.8. The number of ether oxygens (including phenoxy) is 1. The Morgan fingerprint density at radius 3 is 2.69 bits per heavy atom. The fourth-order valence-corrected chi connectivity index (χ4v) is 4.75. The van der Waals surface area contributed by atoms with Crippen molar-refractivity contribution in [2.24, 2.45) is 4.99 Å². The molecule has 1 fully saturated rings. The number of fused-ring (bicyclic) bond motifs is 1. The predicted molar refractivity (Wildman–Crippen MR) is 112 cm³/mol. The van der Waals surface area contributed by atoms with Gasteiger partial charge in [0.2, 0.25) is 0 Å². The lowest BCUT2D eigenvalue weighted by Crippen LogP contribution is -2.54. The van der Waals surface area contributed by atoms with Gasteiger partial charge in [0.1, 0.15) is 18.2 Å². The monoisotopic (exact) mass is 367 g/mol. The summed E-state index contributed by atoms with van der Waals surface area (Å²) < 4.78 is 5.86. The molecule has 0 unspecified atom stereocenters. The van der Waals surface area contributed by atoms with Gasteiger partial charge < -0.3 is 15.4 Å². The van der Waals surface area contributed by atoms with Crippen molar-refractivity contribution in [3.63, 3.8) is 0 Å². The van der Waals surface area contributed by atoms with Crippen LogP contribution in [0.1, 0.15) is 18.4 Å². The summed E-state index contributed by atoms with van der Waals surface area (Å²) in [7, 11) is 0. The highest BCUT2D eigenvalue weighted by Crippen LogP contribution is 2.38. The summed E-state index contributed by atoms with van der Waals surface area (Å²) in [5.41, 5.74) is 3.43. The number of para-hydroxylation sites is 2. The number of nitrogens with one attached hydrogen (secondary N) is 2. The molecule has 5 heteroatoms. The minimum atomic E-state index is -0.0665. The average molecular weight is 368 g/mol. The molecule has 0 bridgehead atoms. The van der Waals surface area contributed by atoms with Crippen molar-refractivity contribution in [3.05, 3.63) is 54.1 Å². The Balaban J connectivity index is 1.48. The first kappa shape index (κ1) is 17.3. The smallest absolute Gasteiger partial charge is 0.127 e. The van der Waals surface area contributed by atoms with Crippen molar-refractivity contribution in [2.75, 3.05) is 35.3 Å². The molecule has 0 saturated carbocycles. The van der Waals surface area contributed by atoms with Crippen LogP contribution in [0.15, 0.2) is 53.5 Å². The molecule has 0 aliphatic carbocycles. The van der Waals surface area contributed by atoms with Crippen LogP contribution in [-0.4, -0.2) is 36.0 Å². The molecule has 4 rings (SSSR count). The molecule has 136 valence electrons. The van der Waals surface area contributed by atoms with Gasteiger partial charge in [-0.1, -0.05) is 24.3 Å². The second-order valence-electron chi connectivity index (χ2n) is 6.89. The fourth-order valence-electron chi connectivity index (χ4n) is 3.56. The summed E-state index contributed by atoms with van der Waals surface area (Å²) in [6.45, 7) is 3.31. The van der Waals surface area contributed by atoms with E-state index in [0.29, 0.717) is 13.2 Å². The number of nitrogens with zero attached hydrogens (tertiary/aromatic N) is 1. The van der Waals surface area contributed by atoms with Crippen LogP contribution in [0.5, 0.6) is 5.75 Å². The van der Waals surface area contributed by atoms with Gasteiger partial charge in [-0.05, 0) is 61.1 Å². The second kappa shape index (κ2) is 7.62. The van der Waals surface area contributed by atoms with E-state index in [1.54, 1.807) is 0 Å². The number of amidine groups is 1. The third-order valence-electron chi connectivity index (χ3n) is 4.97. The normalized spacial score (nSPS) is 19.5. The van der Waals surface area contributed by atoms with Crippen molar-refractivity contribution < 1.29 is 4.74 Å². The first-order chi connectivity index (χ1) is 12.8. The van der Waals surface area contributed by atoms with Gasteiger partial charge in [0.15, 0.2) is 0 Å². The van der Waals surface area contributed by atoms with Gasteiger partial charge >= 0.3 is 0 Å². The number of thioether (sulfide) groups is 1. The first-order valence-electron chi connectivity index (χ1n) is 9.22. The summed E-state index contributed by atoms with van der Waals surface area (Å²) in [4.78, 5) is 4.91. The van der Waals surface area contributed by atoms with Gasteiger partial charge in [0, 0.05) is 0 Å². The Kier molecular flexibility index (Phi) is 5.07. The van der Waals surface area contributed by atoms with Crippen molar-refractivity contribution in [1.82, 2.24) is 0 Å². The molecule has 26 heavy (non-hydrogen) atoms. The average Bonchev–Trinajstić information content (AvgIpc) is 2.66. The fraction of sp³-hybridized carbons (Fsp3) is 0.381. The third kappa shape index (κ3) is 3.68. The van der Waals surface area contributed by atoms with Crippen LogP contribution < -0.4 is 15.4 Å². The number of aliphatic imine (C=N–C) groups is 1. The summed E-state index contributed by atoms with van der Waals surface area (Å²) in [6, 6.07) is 16.5. The second-order valence-corrected chi connectivity index (χ2v) is 8.11. The maximum Gasteiger partial charge on any atom is 0.127 e. The molecule has 1 saturated heterocycles. The van der Waals surface area contributed by atoms with E-state index in [-0.39, 0.29) is 5.54 Å². The number of benzene rings is 2. The Hall–Kier alpha value is -2.14. The minimum absolute atomic E-state index is 0.0665. The van der Waals surface area contributed by atoms with E-state index < -0.39 is 0 Å². The molecule has 2 aromatic carbocycles. The molecule has 2 heterocycles. The van der Waals surface area contributed by atoms with E-state index in [0.717, 1.165) is 41.6 Å². The predicted octanol–water partition coefficient (Wildman–Crippen LogP) is 4.58. The van der Waals surface area contributed by atoms with Gasteiger partial charge in [-0.3, -0.25) is 4.99 Å². The lowest BCUT2D eigenvalue weighted by atomic mass is 9.87.